The number of hydrogen-bond donors (Lipinski definition) is 2. The first kappa shape index (κ1) is 18.2. The molecule has 1 aromatic carbocycles. The maximum Gasteiger partial charge on any atom is 0.202 e. The lowest BCUT2D eigenvalue weighted by Crippen LogP contribution is -2.07. The van der Waals surface area contributed by atoms with Crippen molar-refractivity contribution >= 4 is 44.2 Å². The van der Waals surface area contributed by atoms with Crippen LogP contribution in [0.3, 0.4) is 0 Å². The first-order chi connectivity index (χ1) is 13.6. The molecule has 0 unspecified atom stereocenters. The third kappa shape index (κ3) is 4.04. The van der Waals surface area contributed by atoms with E-state index in [2.05, 4.69) is 31.2 Å². The number of rotatable bonds is 6. The summed E-state index contributed by atoms with van der Waals surface area (Å²) in [6, 6.07) is 14.8. The average molecular weight is 437 g/mol. The van der Waals surface area contributed by atoms with Crippen molar-refractivity contribution in [3.05, 3.63) is 82.4 Å². The zero-order chi connectivity index (χ0) is 19.5. The number of aromatic nitrogens is 2. The summed E-state index contributed by atoms with van der Waals surface area (Å²) in [5.41, 5.74) is 8.96. The molecular weight excluding hydrogens is 420 g/mol. The fourth-order valence-corrected chi connectivity index (χ4v) is 3.29. The predicted molar refractivity (Wildman–Crippen MR) is 112 cm³/mol. The van der Waals surface area contributed by atoms with E-state index >= 15 is 0 Å². The van der Waals surface area contributed by atoms with Crippen LogP contribution in [-0.2, 0) is 13.0 Å². The molecule has 3 N–H and O–H groups in total. The quantitative estimate of drug-likeness (QED) is 0.428. The number of benzene rings is 1. The van der Waals surface area contributed by atoms with Crippen LogP contribution in [0.2, 0.25) is 0 Å². The molecule has 0 aliphatic rings. The van der Waals surface area contributed by atoms with Gasteiger partial charge in [-0.05, 0) is 54.1 Å². The van der Waals surface area contributed by atoms with Crippen molar-refractivity contribution in [2.75, 3.05) is 11.1 Å². The number of carbonyl (C=O) groups is 1. The summed E-state index contributed by atoms with van der Waals surface area (Å²) in [4.78, 5) is 21.0. The van der Waals surface area contributed by atoms with Crippen LogP contribution >= 0.6 is 15.9 Å². The molecule has 0 aliphatic carbocycles. The fraction of sp³-hybridized carbons (Fsp3) is 0.0952. The second-order valence-corrected chi connectivity index (χ2v) is 7.25. The fourth-order valence-electron chi connectivity index (χ4n) is 2.91. The summed E-state index contributed by atoms with van der Waals surface area (Å²) < 4.78 is 6.63. The Labute approximate surface area is 169 Å². The van der Waals surface area contributed by atoms with E-state index in [1.165, 1.54) is 0 Å². The Morgan fingerprint density at radius 1 is 1.11 bits per heavy atom. The molecule has 6 nitrogen and oxygen atoms in total. The molecular formula is C21H17BrN4O2. The molecule has 3 aromatic heterocycles. The number of ketones is 1. The largest absolute Gasteiger partial charge is 0.453 e. The Hall–Kier alpha value is -3.19. The second kappa shape index (κ2) is 7.82. The molecule has 7 heteroatoms. The SMILES string of the molecule is Nc1ncccc1NCc1cc(CC(=O)c2cc3cc(Br)ccc3o2)ccn1. The van der Waals surface area contributed by atoms with Crippen LogP contribution in [0.25, 0.3) is 11.0 Å². The number of nitrogens with zero attached hydrogens (tertiary/aromatic N) is 2. The van der Waals surface area contributed by atoms with Crippen LogP contribution in [0, 0.1) is 0 Å². The molecule has 140 valence electrons. The predicted octanol–water partition coefficient (Wildman–Crippen LogP) is 4.61. The molecule has 0 amide bonds. The van der Waals surface area contributed by atoms with Crippen molar-refractivity contribution in [1.82, 2.24) is 9.97 Å². The molecule has 4 aromatic rings. The Bertz CT molecular complexity index is 1160. The Morgan fingerprint density at radius 3 is 2.86 bits per heavy atom. The molecule has 0 aliphatic heterocycles. The first-order valence-electron chi connectivity index (χ1n) is 8.69. The van der Waals surface area contributed by atoms with Gasteiger partial charge in [-0.2, -0.15) is 0 Å². The highest BCUT2D eigenvalue weighted by atomic mass is 79.9. The van der Waals surface area contributed by atoms with Crippen molar-refractivity contribution in [2.45, 2.75) is 13.0 Å². The molecule has 28 heavy (non-hydrogen) atoms. The van der Waals surface area contributed by atoms with Crippen molar-refractivity contribution in [3.63, 3.8) is 0 Å². The number of fused-ring (bicyclic) bond motifs is 1. The number of nitrogens with one attached hydrogen (secondary N) is 1. The van der Waals surface area contributed by atoms with E-state index in [1.54, 1.807) is 18.5 Å². The molecule has 0 radical (unpaired) electrons. The van der Waals surface area contributed by atoms with E-state index in [9.17, 15) is 4.79 Å². The number of Topliss-reactive ketones (excluding diaryl/α,β-unsaturated/α-hetero) is 1. The highest BCUT2D eigenvalue weighted by molar-refractivity contribution is 9.10. The number of nitrogens with two attached hydrogens (primary N) is 1. The normalized spacial score (nSPS) is 10.9. The summed E-state index contributed by atoms with van der Waals surface area (Å²) in [7, 11) is 0. The van der Waals surface area contributed by atoms with Crippen LogP contribution in [0.4, 0.5) is 11.5 Å². The lowest BCUT2D eigenvalue weighted by atomic mass is 10.1. The van der Waals surface area contributed by atoms with Gasteiger partial charge >= 0.3 is 0 Å². The van der Waals surface area contributed by atoms with Crippen molar-refractivity contribution in [1.29, 1.82) is 0 Å². The average Bonchev–Trinajstić information content (AvgIpc) is 3.11. The van der Waals surface area contributed by atoms with Gasteiger partial charge in [-0.3, -0.25) is 9.78 Å². The highest BCUT2D eigenvalue weighted by Crippen LogP contribution is 2.24. The van der Waals surface area contributed by atoms with Crippen molar-refractivity contribution in [3.8, 4) is 0 Å². The van der Waals surface area contributed by atoms with Crippen LogP contribution in [-0.4, -0.2) is 15.8 Å². The van der Waals surface area contributed by atoms with E-state index in [4.69, 9.17) is 10.2 Å². The number of carbonyl (C=O) groups excluding carboxylic acids is 1. The van der Waals surface area contributed by atoms with Gasteiger partial charge < -0.3 is 15.5 Å². The molecule has 0 atom stereocenters. The number of halogens is 1. The van der Waals surface area contributed by atoms with Gasteiger partial charge in [-0.15, -0.1) is 0 Å². The third-order valence-electron chi connectivity index (χ3n) is 4.30. The second-order valence-electron chi connectivity index (χ2n) is 6.34. The molecule has 0 saturated carbocycles. The van der Waals surface area contributed by atoms with Crippen molar-refractivity contribution < 1.29 is 9.21 Å². The number of furan rings is 1. The molecule has 0 spiro atoms. The van der Waals surface area contributed by atoms with Gasteiger partial charge in [0.05, 0.1) is 17.9 Å². The van der Waals surface area contributed by atoms with Gasteiger partial charge in [0.1, 0.15) is 11.4 Å². The number of anilines is 2. The van der Waals surface area contributed by atoms with Crippen LogP contribution in [0.1, 0.15) is 21.8 Å². The van der Waals surface area contributed by atoms with Gasteiger partial charge in [0, 0.05) is 28.7 Å². The molecule has 0 fully saturated rings. The number of nitrogen functional groups attached to an aromatic ring is 1. The van der Waals surface area contributed by atoms with Crippen LogP contribution in [0.15, 0.2) is 69.8 Å². The smallest absolute Gasteiger partial charge is 0.202 e. The minimum atomic E-state index is -0.0751. The lowest BCUT2D eigenvalue weighted by molar-refractivity contribution is 0.0968. The van der Waals surface area contributed by atoms with E-state index < -0.39 is 0 Å². The van der Waals surface area contributed by atoms with Gasteiger partial charge in [0.25, 0.3) is 0 Å². The van der Waals surface area contributed by atoms with E-state index in [1.807, 2.05) is 42.5 Å². The lowest BCUT2D eigenvalue weighted by Gasteiger charge is -2.08. The van der Waals surface area contributed by atoms with E-state index in [0.29, 0.717) is 23.7 Å². The Balaban J connectivity index is 1.46. The van der Waals surface area contributed by atoms with E-state index in [-0.39, 0.29) is 12.2 Å². The zero-order valence-corrected chi connectivity index (χ0v) is 16.4. The maximum absolute atomic E-state index is 12.6. The highest BCUT2D eigenvalue weighted by Gasteiger charge is 2.14. The molecule has 0 saturated heterocycles. The summed E-state index contributed by atoms with van der Waals surface area (Å²) in [5.74, 6) is 0.715. The minimum Gasteiger partial charge on any atom is -0.453 e. The monoisotopic (exact) mass is 436 g/mol. The van der Waals surface area contributed by atoms with Crippen LogP contribution in [0.5, 0.6) is 0 Å². The standard InChI is InChI=1S/C21H17BrN4O2/c22-15-3-4-19-14(10-15)11-20(28-19)18(27)9-13-5-7-24-16(8-13)12-26-17-2-1-6-25-21(17)23/h1-8,10-11,26H,9,12H2,(H2,23,25). The third-order valence-corrected chi connectivity index (χ3v) is 4.79. The summed E-state index contributed by atoms with van der Waals surface area (Å²) >= 11 is 3.43. The maximum atomic E-state index is 12.6. The number of pyridine rings is 2. The zero-order valence-electron chi connectivity index (χ0n) is 14.9. The molecule has 4 rings (SSSR count). The van der Waals surface area contributed by atoms with E-state index in [0.717, 1.165) is 26.8 Å². The summed E-state index contributed by atoms with van der Waals surface area (Å²) in [6.07, 6.45) is 3.58. The number of hydrogen-bond acceptors (Lipinski definition) is 6. The van der Waals surface area contributed by atoms with Gasteiger partial charge in [-0.1, -0.05) is 15.9 Å². The molecule has 0 bridgehead atoms. The Morgan fingerprint density at radius 2 is 2.00 bits per heavy atom. The topological polar surface area (TPSA) is 94.0 Å². The molecule has 3 heterocycles. The first-order valence-corrected chi connectivity index (χ1v) is 9.48. The van der Waals surface area contributed by atoms with Gasteiger partial charge in [-0.25, -0.2) is 4.98 Å². The summed E-state index contributed by atoms with van der Waals surface area (Å²) in [6.45, 7) is 0.483. The van der Waals surface area contributed by atoms with Gasteiger partial charge in [0.2, 0.25) is 5.78 Å². The Kier molecular flexibility index (Phi) is 5.08. The van der Waals surface area contributed by atoms with Crippen molar-refractivity contribution in [2.24, 2.45) is 0 Å². The minimum absolute atomic E-state index is 0.0751. The summed E-state index contributed by atoms with van der Waals surface area (Å²) in [5, 5.41) is 4.10. The van der Waals surface area contributed by atoms with Gasteiger partial charge in [0.15, 0.2) is 5.76 Å². The van der Waals surface area contributed by atoms with Crippen LogP contribution < -0.4 is 11.1 Å².